The molecule has 0 radical (unpaired) electrons. The maximum atomic E-state index is 13.9. The predicted octanol–water partition coefficient (Wildman–Crippen LogP) is 4.91. The molecular weight excluding hydrogens is 423 g/mol. The quantitative estimate of drug-likeness (QED) is 0.424. The van der Waals surface area contributed by atoms with Crippen LogP contribution in [0.3, 0.4) is 0 Å². The standard InChI is InChI=1S/C25H21FN4O3/c1-2-33-20-13-11-19(12-14-20)27-24(31)17-7-9-18(10-8-17)28-25(32)22-15-16-30(29-22)23-6-4-3-5-21(23)26/h3-16H,2H2,1H3,(H,27,31)(H,28,32). The van der Waals surface area contributed by atoms with Gasteiger partial charge < -0.3 is 15.4 Å². The molecule has 4 rings (SSSR count). The number of para-hydroxylation sites is 1. The third kappa shape index (κ3) is 5.24. The highest BCUT2D eigenvalue weighted by atomic mass is 19.1. The SMILES string of the molecule is CCOc1ccc(NC(=O)c2ccc(NC(=O)c3ccn(-c4ccccc4F)n3)cc2)cc1. The van der Waals surface area contributed by atoms with E-state index in [0.717, 1.165) is 5.75 Å². The summed E-state index contributed by atoms with van der Waals surface area (Å²) in [5, 5.41) is 9.67. The van der Waals surface area contributed by atoms with Crippen molar-refractivity contribution in [2.45, 2.75) is 6.92 Å². The zero-order valence-electron chi connectivity index (χ0n) is 17.8. The highest BCUT2D eigenvalue weighted by molar-refractivity contribution is 6.05. The van der Waals surface area contributed by atoms with E-state index in [1.165, 1.54) is 23.0 Å². The van der Waals surface area contributed by atoms with Crippen molar-refractivity contribution < 1.29 is 18.7 Å². The molecule has 3 aromatic carbocycles. The third-order valence-electron chi connectivity index (χ3n) is 4.75. The molecule has 7 nitrogen and oxygen atoms in total. The highest BCUT2D eigenvalue weighted by Crippen LogP contribution is 2.18. The number of halogens is 1. The smallest absolute Gasteiger partial charge is 0.276 e. The lowest BCUT2D eigenvalue weighted by molar-refractivity contribution is 0.101. The first-order valence-electron chi connectivity index (χ1n) is 10.3. The highest BCUT2D eigenvalue weighted by Gasteiger charge is 2.13. The molecule has 0 aliphatic carbocycles. The number of hydrogen-bond donors (Lipinski definition) is 2. The molecule has 166 valence electrons. The maximum Gasteiger partial charge on any atom is 0.276 e. The molecule has 1 heterocycles. The average molecular weight is 444 g/mol. The van der Waals surface area contributed by atoms with E-state index in [1.54, 1.807) is 66.7 Å². The Morgan fingerprint density at radius 2 is 1.52 bits per heavy atom. The van der Waals surface area contributed by atoms with E-state index in [-0.39, 0.29) is 17.3 Å². The number of nitrogens with zero attached hydrogens (tertiary/aromatic N) is 2. The Kier molecular flexibility index (Phi) is 6.45. The van der Waals surface area contributed by atoms with E-state index < -0.39 is 11.7 Å². The topological polar surface area (TPSA) is 85.3 Å². The summed E-state index contributed by atoms with van der Waals surface area (Å²) >= 11 is 0. The molecule has 2 amide bonds. The Morgan fingerprint density at radius 3 is 2.18 bits per heavy atom. The summed E-state index contributed by atoms with van der Waals surface area (Å²) in [6.07, 6.45) is 1.52. The molecule has 0 unspecified atom stereocenters. The number of hydrogen-bond acceptors (Lipinski definition) is 4. The van der Waals surface area contributed by atoms with E-state index in [1.807, 2.05) is 6.92 Å². The summed E-state index contributed by atoms with van der Waals surface area (Å²) in [6, 6.07) is 21.2. The zero-order chi connectivity index (χ0) is 23.2. The van der Waals surface area contributed by atoms with Crippen LogP contribution in [-0.4, -0.2) is 28.2 Å². The molecule has 0 atom stereocenters. The van der Waals surface area contributed by atoms with Crippen molar-refractivity contribution in [3.05, 3.63) is 102 Å². The van der Waals surface area contributed by atoms with Crippen LogP contribution in [0.2, 0.25) is 0 Å². The number of nitrogens with one attached hydrogen (secondary N) is 2. The molecule has 0 saturated heterocycles. The second kappa shape index (κ2) is 9.78. The number of rotatable bonds is 7. The van der Waals surface area contributed by atoms with Crippen molar-refractivity contribution in [1.29, 1.82) is 0 Å². The van der Waals surface area contributed by atoms with Gasteiger partial charge in [-0.2, -0.15) is 5.10 Å². The first-order valence-corrected chi connectivity index (χ1v) is 10.3. The summed E-state index contributed by atoms with van der Waals surface area (Å²) in [4.78, 5) is 25.0. The second-order valence-corrected chi connectivity index (χ2v) is 7.04. The molecule has 1 aromatic heterocycles. The largest absolute Gasteiger partial charge is 0.494 e. The van der Waals surface area contributed by atoms with Crippen LogP contribution in [0.4, 0.5) is 15.8 Å². The molecule has 0 aliphatic rings. The molecule has 4 aromatic rings. The Balaban J connectivity index is 1.38. The van der Waals surface area contributed by atoms with Gasteiger partial charge in [0, 0.05) is 23.1 Å². The van der Waals surface area contributed by atoms with Gasteiger partial charge in [0.2, 0.25) is 0 Å². The van der Waals surface area contributed by atoms with Crippen molar-refractivity contribution in [2.75, 3.05) is 17.2 Å². The van der Waals surface area contributed by atoms with E-state index >= 15 is 0 Å². The first-order chi connectivity index (χ1) is 16.0. The first kappa shape index (κ1) is 21.8. The minimum absolute atomic E-state index is 0.135. The van der Waals surface area contributed by atoms with E-state index in [0.29, 0.717) is 23.5 Å². The van der Waals surface area contributed by atoms with Crippen LogP contribution >= 0.6 is 0 Å². The summed E-state index contributed by atoms with van der Waals surface area (Å²) in [5.74, 6) is -0.432. The summed E-state index contributed by atoms with van der Waals surface area (Å²) in [5.41, 5.74) is 1.96. The molecule has 2 N–H and O–H groups in total. The number of aromatic nitrogens is 2. The Hall–Kier alpha value is -4.46. The normalized spacial score (nSPS) is 10.5. The van der Waals surface area contributed by atoms with Crippen molar-refractivity contribution in [1.82, 2.24) is 9.78 Å². The molecule has 0 aliphatic heterocycles. The van der Waals surface area contributed by atoms with E-state index in [4.69, 9.17) is 4.74 Å². The number of benzene rings is 3. The van der Waals surface area contributed by atoms with Gasteiger partial charge in [0.05, 0.1) is 6.61 Å². The van der Waals surface area contributed by atoms with Crippen molar-refractivity contribution >= 4 is 23.2 Å². The van der Waals surface area contributed by atoms with Crippen LogP contribution in [0.25, 0.3) is 5.69 Å². The van der Waals surface area contributed by atoms with E-state index in [2.05, 4.69) is 15.7 Å². The lowest BCUT2D eigenvalue weighted by Crippen LogP contribution is -2.14. The second-order valence-electron chi connectivity index (χ2n) is 7.04. The maximum absolute atomic E-state index is 13.9. The minimum atomic E-state index is -0.448. The molecule has 0 saturated carbocycles. The molecule has 8 heteroatoms. The number of anilines is 2. The van der Waals surface area contributed by atoms with Crippen molar-refractivity contribution in [3.63, 3.8) is 0 Å². The molecule has 0 bridgehead atoms. The molecular formula is C25H21FN4O3. The molecule has 0 spiro atoms. The van der Waals surface area contributed by atoms with E-state index in [9.17, 15) is 14.0 Å². The lowest BCUT2D eigenvalue weighted by atomic mass is 10.2. The van der Waals surface area contributed by atoms with Gasteiger partial charge in [-0.05, 0) is 73.7 Å². The van der Waals surface area contributed by atoms with Gasteiger partial charge in [-0.15, -0.1) is 0 Å². The van der Waals surface area contributed by atoms with Gasteiger partial charge in [-0.1, -0.05) is 12.1 Å². The summed E-state index contributed by atoms with van der Waals surface area (Å²) in [6.45, 7) is 2.47. The van der Waals surface area contributed by atoms with Crippen LogP contribution < -0.4 is 15.4 Å². The fraction of sp³-hybridized carbons (Fsp3) is 0.0800. The van der Waals surface area contributed by atoms with Crippen LogP contribution in [0.15, 0.2) is 85.1 Å². The van der Waals surface area contributed by atoms with Gasteiger partial charge in [0.25, 0.3) is 11.8 Å². The predicted molar refractivity (Wildman–Crippen MR) is 123 cm³/mol. The number of ether oxygens (including phenoxy) is 1. The summed E-state index contributed by atoms with van der Waals surface area (Å²) in [7, 11) is 0. The van der Waals surface area contributed by atoms with Gasteiger partial charge in [-0.3, -0.25) is 9.59 Å². The van der Waals surface area contributed by atoms with Gasteiger partial charge >= 0.3 is 0 Å². The molecule has 0 fully saturated rings. The zero-order valence-corrected chi connectivity index (χ0v) is 17.8. The van der Waals surface area contributed by atoms with Crippen LogP contribution in [0.5, 0.6) is 5.75 Å². The number of amides is 2. The third-order valence-corrected chi connectivity index (χ3v) is 4.75. The van der Waals surface area contributed by atoms with Gasteiger partial charge in [-0.25, -0.2) is 9.07 Å². The Bertz CT molecular complexity index is 1270. The fourth-order valence-corrected chi connectivity index (χ4v) is 3.12. The minimum Gasteiger partial charge on any atom is -0.494 e. The Morgan fingerprint density at radius 1 is 0.879 bits per heavy atom. The average Bonchev–Trinajstić information content (AvgIpc) is 3.31. The lowest BCUT2D eigenvalue weighted by Gasteiger charge is -2.08. The monoisotopic (exact) mass is 444 g/mol. The van der Waals surface area contributed by atoms with Gasteiger partial charge in [0.1, 0.15) is 17.3 Å². The number of carbonyl (C=O) groups excluding carboxylic acids is 2. The van der Waals surface area contributed by atoms with Gasteiger partial charge in [0.15, 0.2) is 5.69 Å². The van der Waals surface area contributed by atoms with Crippen LogP contribution in [-0.2, 0) is 0 Å². The van der Waals surface area contributed by atoms with Crippen LogP contribution in [0.1, 0.15) is 27.8 Å². The fourth-order valence-electron chi connectivity index (χ4n) is 3.12. The van der Waals surface area contributed by atoms with Crippen LogP contribution in [0, 0.1) is 5.82 Å². The van der Waals surface area contributed by atoms with Crippen molar-refractivity contribution in [2.24, 2.45) is 0 Å². The van der Waals surface area contributed by atoms with Crippen molar-refractivity contribution in [3.8, 4) is 11.4 Å². The summed E-state index contributed by atoms with van der Waals surface area (Å²) < 4.78 is 20.6. The molecule has 33 heavy (non-hydrogen) atoms. The Labute approximate surface area is 189 Å². The number of carbonyl (C=O) groups is 2.